The SMILES string of the molecule is O=C(O)CCC/C=C\C[C@H]1C(O)CC(O)[C@@H]1/C=C/C(O)CCc1cc2ccccc2o1. The molecule has 0 bridgehead atoms. The van der Waals surface area contributed by atoms with E-state index in [1.807, 2.05) is 48.6 Å². The molecular weight excluding hydrogens is 396 g/mol. The first kappa shape index (κ1) is 23.3. The van der Waals surface area contributed by atoms with Crippen molar-refractivity contribution in [3.8, 4) is 0 Å². The van der Waals surface area contributed by atoms with E-state index in [1.165, 1.54) is 0 Å². The summed E-state index contributed by atoms with van der Waals surface area (Å²) in [6.07, 6.45) is 8.98. The lowest BCUT2D eigenvalue weighted by Gasteiger charge is -2.19. The third kappa shape index (κ3) is 6.79. The molecule has 168 valence electrons. The lowest BCUT2D eigenvalue weighted by Crippen LogP contribution is -2.20. The zero-order valence-electron chi connectivity index (χ0n) is 17.6. The highest BCUT2D eigenvalue weighted by molar-refractivity contribution is 5.77. The van der Waals surface area contributed by atoms with E-state index in [9.17, 15) is 20.1 Å². The van der Waals surface area contributed by atoms with Crippen LogP contribution in [0.3, 0.4) is 0 Å². The van der Waals surface area contributed by atoms with Crippen molar-refractivity contribution in [1.29, 1.82) is 0 Å². The van der Waals surface area contributed by atoms with Crippen LogP contribution in [0.15, 0.2) is 59.1 Å². The van der Waals surface area contributed by atoms with Gasteiger partial charge in [0.05, 0.1) is 18.3 Å². The van der Waals surface area contributed by atoms with Crippen LogP contribution in [-0.2, 0) is 11.2 Å². The van der Waals surface area contributed by atoms with E-state index in [0.717, 1.165) is 16.7 Å². The smallest absolute Gasteiger partial charge is 0.303 e. The lowest BCUT2D eigenvalue weighted by atomic mass is 9.89. The van der Waals surface area contributed by atoms with Gasteiger partial charge in [-0.05, 0) is 43.7 Å². The number of para-hydroxylation sites is 1. The van der Waals surface area contributed by atoms with E-state index >= 15 is 0 Å². The van der Waals surface area contributed by atoms with Gasteiger partial charge in [-0.3, -0.25) is 4.79 Å². The van der Waals surface area contributed by atoms with Crippen LogP contribution in [0.4, 0.5) is 0 Å². The van der Waals surface area contributed by atoms with E-state index < -0.39 is 24.3 Å². The van der Waals surface area contributed by atoms with Gasteiger partial charge in [0.2, 0.25) is 0 Å². The van der Waals surface area contributed by atoms with E-state index in [2.05, 4.69) is 0 Å². The molecule has 1 saturated carbocycles. The number of aryl methyl sites for hydroxylation is 1. The predicted molar refractivity (Wildman–Crippen MR) is 119 cm³/mol. The standard InChI is InChI=1S/C25H32O6/c26-18(11-13-19-15-17-7-5-6-9-24(17)31-19)12-14-21-20(22(27)16-23(21)28)8-3-1-2-4-10-25(29)30/h1,3,5-7,9,12,14-15,18,20-23,26-28H,2,4,8,10-11,13,16H2,(H,29,30)/b3-1-,14-12+/t18?,20-,21-,22?,23?/m1/s1. The van der Waals surface area contributed by atoms with Gasteiger partial charge in [0, 0.05) is 30.6 Å². The number of carbonyl (C=O) groups is 1. The molecule has 0 amide bonds. The van der Waals surface area contributed by atoms with E-state index in [0.29, 0.717) is 38.5 Å². The maximum atomic E-state index is 10.5. The summed E-state index contributed by atoms with van der Waals surface area (Å²) < 4.78 is 5.78. The molecule has 1 fully saturated rings. The number of carboxylic acids is 1. The Morgan fingerprint density at radius 2 is 2.00 bits per heavy atom. The molecule has 0 spiro atoms. The molecule has 4 N–H and O–H groups in total. The first-order chi connectivity index (χ1) is 14.9. The number of carboxylic acid groups (broad SMARTS) is 1. The number of hydrogen-bond donors (Lipinski definition) is 4. The van der Waals surface area contributed by atoms with Gasteiger partial charge in [-0.1, -0.05) is 42.5 Å². The Balaban J connectivity index is 1.49. The zero-order chi connectivity index (χ0) is 22.2. The fraction of sp³-hybridized carbons (Fsp3) is 0.480. The van der Waals surface area contributed by atoms with Crippen molar-refractivity contribution in [2.45, 2.75) is 63.3 Å². The largest absolute Gasteiger partial charge is 0.481 e. The van der Waals surface area contributed by atoms with Gasteiger partial charge < -0.3 is 24.8 Å². The van der Waals surface area contributed by atoms with Crippen LogP contribution in [0.1, 0.15) is 44.3 Å². The first-order valence-corrected chi connectivity index (χ1v) is 11.0. The summed E-state index contributed by atoms with van der Waals surface area (Å²) in [5.74, 6) is -0.313. The summed E-state index contributed by atoms with van der Waals surface area (Å²) in [6.45, 7) is 0. The van der Waals surface area contributed by atoms with Crippen molar-refractivity contribution in [1.82, 2.24) is 0 Å². The molecule has 1 aliphatic carbocycles. The van der Waals surface area contributed by atoms with Crippen molar-refractivity contribution < 1.29 is 29.6 Å². The lowest BCUT2D eigenvalue weighted by molar-refractivity contribution is -0.137. The zero-order valence-corrected chi connectivity index (χ0v) is 17.6. The van der Waals surface area contributed by atoms with Crippen molar-refractivity contribution in [3.63, 3.8) is 0 Å². The predicted octanol–water partition coefficient (Wildman–Crippen LogP) is 3.84. The second-order valence-corrected chi connectivity index (χ2v) is 8.35. The number of benzene rings is 1. The highest BCUT2D eigenvalue weighted by Crippen LogP contribution is 2.36. The van der Waals surface area contributed by atoms with E-state index in [-0.39, 0.29) is 18.3 Å². The molecule has 0 saturated heterocycles. The van der Waals surface area contributed by atoms with Crippen molar-refractivity contribution >= 4 is 16.9 Å². The van der Waals surface area contributed by atoms with Crippen LogP contribution >= 0.6 is 0 Å². The summed E-state index contributed by atoms with van der Waals surface area (Å²) >= 11 is 0. The Kier molecular flexibility index (Phi) is 8.46. The minimum Gasteiger partial charge on any atom is -0.481 e. The fourth-order valence-electron chi connectivity index (χ4n) is 4.25. The Morgan fingerprint density at radius 1 is 1.19 bits per heavy atom. The number of hydrogen-bond acceptors (Lipinski definition) is 5. The van der Waals surface area contributed by atoms with Crippen molar-refractivity contribution in [2.75, 3.05) is 0 Å². The molecule has 1 aromatic heterocycles. The maximum Gasteiger partial charge on any atom is 0.303 e. The van der Waals surface area contributed by atoms with Gasteiger partial charge in [-0.25, -0.2) is 0 Å². The molecule has 3 rings (SSSR count). The number of unbranched alkanes of at least 4 members (excludes halogenated alkanes) is 1. The average molecular weight is 429 g/mol. The summed E-state index contributed by atoms with van der Waals surface area (Å²) in [7, 11) is 0. The molecule has 0 radical (unpaired) electrons. The molecule has 6 nitrogen and oxygen atoms in total. The number of fused-ring (bicyclic) bond motifs is 1. The summed E-state index contributed by atoms with van der Waals surface area (Å²) in [5, 5.41) is 40.7. The van der Waals surface area contributed by atoms with Gasteiger partial charge >= 0.3 is 5.97 Å². The molecule has 1 aromatic carbocycles. The Hall–Kier alpha value is -2.41. The molecule has 2 aromatic rings. The van der Waals surface area contributed by atoms with E-state index in [1.54, 1.807) is 6.08 Å². The maximum absolute atomic E-state index is 10.5. The van der Waals surface area contributed by atoms with Crippen LogP contribution in [-0.4, -0.2) is 44.7 Å². The third-order valence-electron chi connectivity index (χ3n) is 5.97. The van der Waals surface area contributed by atoms with E-state index in [4.69, 9.17) is 9.52 Å². The van der Waals surface area contributed by atoms with Crippen LogP contribution < -0.4 is 0 Å². The normalized spacial score (nSPS) is 25.1. The van der Waals surface area contributed by atoms with Crippen molar-refractivity contribution in [3.05, 3.63) is 60.4 Å². The fourth-order valence-corrected chi connectivity index (χ4v) is 4.25. The summed E-state index contributed by atoms with van der Waals surface area (Å²) in [4.78, 5) is 10.5. The molecular formula is C25H32O6. The number of rotatable bonds is 11. The molecule has 1 aliphatic rings. The Bertz CT molecular complexity index is 865. The number of aliphatic hydroxyl groups excluding tert-OH is 3. The summed E-state index contributed by atoms with van der Waals surface area (Å²) in [6, 6.07) is 9.79. The number of aliphatic hydroxyl groups is 3. The molecule has 5 atom stereocenters. The third-order valence-corrected chi connectivity index (χ3v) is 5.97. The van der Waals surface area contributed by atoms with Gasteiger partial charge in [0.1, 0.15) is 11.3 Å². The molecule has 31 heavy (non-hydrogen) atoms. The highest BCUT2D eigenvalue weighted by Gasteiger charge is 2.39. The average Bonchev–Trinajstić information content (AvgIpc) is 3.27. The van der Waals surface area contributed by atoms with Gasteiger partial charge in [0.15, 0.2) is 0 Å². The van der Waals surface area contributed by atoms with Crippen LogP contribution in [0.25, 0.3) is 11.0 Å². The quantitative estimate of drug-likeness (QED) is 0.320. The van der Waals surface area contributed by atoms with Gasteiger partial charge in [-0.2, -0.15) is 0 Å². The van der Waals surface area contributed by atoms with Crippen LogP contribution in [0.5, 0.6) is 0 Å². The first-order valence-electron chi connectivity index (χ1n) is 11.0. The van der Waals surface area contributed by atoms with Crippen LogP contribution in [0.2, 0.25) is 0 Å². The van der Waals surface area contributed by atoms with Gasteiger partial charge in [-0.15, -0.1) is 0 Å². The molecule has 0 aliphatic heterocycles. The molecule has 3 unspecified atom stereocenters. The number of aliphatic carboxylic acids is 1. The highest BCUT2D eigenvalue weighted by atomic mass is 16.4. The van der Waals surface area contributed by atoms with Gasteiger partial charge in [0.25, 0.3) is 0 Å². The minimum atomic E-state index is -0.799. The minimum absolute atomic E-state index is 0.121. The number of furan rings is 1. The monoisotopic (exact) mass is 428 g/mol. The Labute approximate surface area is 182 Å². The Morgan fingerprint density at radius 3 is 2.77 bits per heavy atom. The topological polar surface area (TPSA) is 111 Å². The second-order valence-electron chi connectivity index (χ2n) is 8.35. The molecule has 1 heterocycles. The van der Waals surface area contributed by atoms with Crippen LogP contribution in [0, 0.1) is 11.8 Å². The summed E-state index contributed by atoms with van der Waals surface area (Å²) in [5.41, 5.74) is 0.837. The second kappa shape index (κ2) is 11.3. The molecule has 6 heteroatoms. The number of allylic oxidation sites excluding steroid dienone is 2. The van der Waals surface area contributed by atoms with Crippen molar-refractivity contribution in [2.24, 2.45) is 11.8 Å².